The Hall–Kier alpha value is -0.860. The van der Waals surface area contributed by atoms with Gasteiger partial charge in [0.15, 0.2) is 0 Å². The predicted octanol–water partition coefficient (Wildman–Crippen LogP) is 3.10. The van der Waals surface area contributed by atoms with Crippen molar-refractivity contribution in [3.8, 4) is 6.07 Å². The van der Waals surface area contributed by atoms with E-state index in [1.165, 1.54) is 11.3 Å². The maximum atomic E-state index is 11.8. The van der Waals surface area contributed by atoms with Crippen molar-refractivity contribution in [1.29, 1.82) is 5.26 Å². The number of hydrogen-bond acceptors (Lipinski definition) is 3. The van der Waals surface area contributed by atoms with Gasteiger partial charge >= 0.3 is 0 Å². The molecule has 1 aromatic rings. The predicted molar refractivity (Wildman–Crippen MR) is 68.5 cm³/mol. The van der Waals surface area contributed by atoms with Crippen LogP contribution in [-0.2, 0) is 0 Å². The van der Waals surface area contributed by atoms with Crippen LogP contribution in [0, 0.1) is 24.2 Å². The van der Waals surface area contributed by atoms with Gasteiger partial charge in [-0.2, -0.15) is 5.26 Å². The second-order valence-electron chi connectivity index (χ2n) is 3.89. The molecule has 1 amide bonds. The van der Waals surface area contributed by atoms with E-state index in [1.807, 2.05) is 26.8 Å². The van der Waals surface area contributed by atoms with Gasteiger partial charge in [-0.05, 0) is 40.4 Å². The highest BCUT2D eigenvalue weighted by atomic mass is 79.9. The van der Waals surface area contributed by atoms with Gasteiger partial charge in [0.05, 0.1) is 14.7 Å². The van der Waals surface area contributed by atoms with Crippen molar-refractivity contribution in [2.75, 3.05) is 0 Å². The molecule has 5 heteroatoms. The van der Waals surface area contributed by atoms with Crippen LogP contribution in [-0.4, -0.2) is 11.9 Å². The second-order valence-corrected chi connectivity index (χ2v) is 6.26. The first kappa shape index (κ1) is 13.2. The van der Waals surface area contributed by atoms with Crippen molar-refractivity contribution in [2.45, 2.75) is 26.8 Å². The summed E-state index contributed by atoms with van der Waals surface area (Å²) in [5.74, 6) is -0.0718. The zero-order valence-electron chi connectivity index (χ0n) is 9.37. The monoisotopic (exact) mass is 300 g/mol. The van der Waals surface area contributed by atoms with E-state index < -0.39 is 6.04 Å². The Balaban J connectivity index is 2.76. The van der Waals surface area contributed by atoms with E-state index in [0.29, 0.717) is 4.88 Å². The minimum atomic E-state index is -0.436. The van der Waals surface area contributed by atoms with Gasteiger partial charge in [0.1, 0.15) is 6.04 Å². The molecule has 0 saturated carbocycles. The third kappa shape index (κ3) is 3.06. The number of carbonyl (C=O) groups excluding carboxylic acids is 1. The molecule has 0 aliphatic carbocycles. The van der Waals surface area contributed by atoms with Crippen LogP contribution in [0.5, 0.6) is 0 Å². The molecule has 0 aliphatic heterocycles. The van der Waals surface area contributed by atoms with Crippen molar-refractivity contribution in [1.82, 2.24) is 5.32 Å². The highest BCUT2D eigenvalue weighted by molar-refractivity contribution is 9.11. The Morgan fingerprint density at radius 3 is 2.62 bits per heavy atom. The number of nitrogens with zero attached hydrogens (tertiary/aromatic N) is 1. The zero-order chi connectivity index (χ0) is 12.3. The summed E-state index contributed by atoms with van der Waals surface area (Å²) in [4.78, 5) is 12.4. The number of thiophene rings is 1. The molecule has 0 aliphatic rings. The van der Waals surface area contributed by atoms with Crippen molar-refractivity contribution in [3.63, 3.8) is 0 Å². The number of nitrogens with one attached hydrogen (secondary N) is 1. The summed E-state index contributed by atoms with van der Waals surface area (Å²) in [5.41, 5.74) is 1.04. The molecular formula is C11H13BrN2OS. The van der Waals surface area contributed by atoms with Crippen molar-refractivity contribution in [3.05, 3.63) is 20.3 Å². The summed E-state index contributed by atoms with van der Waals surface area (Å²) in [6.45, 7) is 5.75. The number of aryl methyl sites for hydroxylation is 1. The van der Waals surface area contributed by atoms with Gasteiger partial charge in [-0.1, -0.05) is 13.8 Å². The summed E-state index contributed by atoms with van der Waals surface area (Å²) in [6.07, 6.45) is 0. The number of carbonyl (C=O) groups is 1. The molecule has 0 saturated heterocycles. The summed E-state index contributed by atoms with van der Waals surface area (Å²) in [6, 6.07) is 3.47. The number of halogens is 1. The lowest BCUT2D eigenvalue weighted by Gasteiger charge is -2.13. The van der Waals surface area contributed by atoms with E-state index in [-0.39, 0.29) is 11.8 Å². The molecule has 86 valence electrons. The van der Waals surface area contributed by atoms with Crippen LogP contribution in [0.25, 0.3) is 0 Å². The lowest BCUT2D eigenvalue weighted by Crippen LogP contribution is -2.36. The van der Waals surface area contributed by atoms with Crippen LogP contribution in [0.4, 0.5) is 0 Å². The van der Waals surface area contributed by atoms with Gasteiger partial charge in [-0.25, -0.2) is 0 Å². The van der Waals surface area contributed by atoms with Crippen LogP contribution in [0.15, 0.2) is 9.85 Å². The van der Waals surface area contributed by atoms with Crippen molar-refractivity contribution < 1.29 is 4.79 Å². The van der Waals surface area contributed by atoms with Gasteiger partial charge in [0, 0.05) is 0 Å². The van der Waals surface area contributed by atoms with Gasteiger partial charge in [0.25, 0.3) is 5.91 Å². The third-order valence-corrected chi connectivity index (χ3v) is 4.31. The van der Waals surface area contributed by atoms with E-state index in [0.717, 1.165) is 9.35 Å². The molecule has 0 aromatic carbocycles. The normalized spacial score (nSPS) is 12.2. The van der Waals surface area contributed by atoms with Crippen LogP contribution in [0.2, 0.25) is 0 Å². The average Bonchev–Trinajstić information content (AvgIpc) is 2.55. The summed E-state index contributed by atoms with van der Waals surface area (Å²) < 4.78 is 0.954. The lowest BCUT2D eigenvalue weighted by molar-refractivity contribution is 0.0941. The molecule has 1 N–H and O–H groups in total. The van der Waals surface area contributed by atoms with Gasteiger partial charge in [-0.3, -0.25) is 4.79 Å². The molecule has 1 heterocycles. The van der Waals surface area contributed by atoms with Gasteiger partial charge in [-0.15, -0.1) is 11.3 Å². The number of amides is 1. The first-order valence-corrected chi connectivity index (χ1v) is 6.53. The van der Waals surface area contributed by atoms with Crippen LogP contribution >= 0.6 is 27.3 Å². The van der Waals surface area contributed by atoms with Crippen molar-refractivity contribution in [2.24, 2.45) is 5.92 Å². The lowest BCUT2D eigenvalue weighted by atomic mass is 10.1. The molecule has 1 unspecified atom stereocenters. The van der Waals surface area contributed by atoms with Crippen LogP contribution in [0.3, 0.4) is 0 Å². The summed E-state index contributed by atoms with van der Waals surface area (Å²) >= 11 is 4.75. The highest BCUT2D eigenvalue weighted by Gasteiger charge is 2.18. The standard InChI is InChI=1S/C11H13BrN2OS/c1-6(2)8(5-13)14-11(15)9-4-7(3)10(12)16-9/h4,6,8H,1-3H3,(H,14,15). The minimum absolute atomic E-state index is 0.110. The Bertz CT molecular complexity index is 414. The number of rotatable bonds is 3. The fourth-order valence-electron chi connectivity index (χ4n) is 1.13. The molecule has 0 bridgehead atoms. The number of hydrogen-bond donors (Lipinski definition) is 1. The first-order valence-electron chi connectivity index (χ1n) is 4.92. The molecule has 16 heavy (non-hydrogen) atoms. The second kappa shape index (κ2) is 5.46. The molecular weight excluding hydrogens is 288 g/mol. The van der Waals surface area contributed by atoms with E-state index in [9.17, 15) is 4.79 Å². The molecule has 1 aromatic heterocycles. The van der Waals surface area contributed by atoms with Crippen LogP contribution < -0.4 is 5.32 Å². The Labute approximate surface area is 108 Å². The van der Waals surface area contributed by atoms with Crippen molar-refractivity contribution >= 4 is 33.2 Å². The smallest absolute Gasteiger partial charge is 0.262 e. The van der Waals surface area contributed by atoms with E-state index in [2.05, 4.69) is 27.3 Å². The topological polar surface area (TPSA) is 52.9 Å². The minimum Gasteiger partial charge on any atom is -0.335 e. The van der Waals surface area contributed by atoms with E-state index in [1.54, 1.807) is 0 Å². The molecule has 1 atom stereocenters. The Morgan fingerprint density at radius 2 is 2.25 bits per heavy atom. The number of nitriles is 1. The summed E-state index contributed by atoms with van der Waals surface area (Å²) in [7, 11) is 0. The van der Waals surface area contributed by atoms with Gasteiger partial charge in [0.2, 0.25) is 0 Å². The largest absolute Gasteiger partial charge is 0.335 e. The fourth-order valence-corrected chi connectivity index (χ4v) is 2.57. The summed E-state index contributed by atoms with van der Waals surface area (Å²) in [5, 5.41) is 11.6. The first-order chi connectivity index (χ1) is 7.45. The highest BCUT2D eigenvalue weighted by Crippen LogP contribution is 2.27. The third-order valence-electron chi connectivity index (χ3n) is 2.17. The van der Waals surface area contributed by atoms with E-state index in [4.69, 9.17) is 5.26 Å². The van der Waals surface area contributed by atoms with Crippen LogP contribution in [0.1, 0.15) is 29.1 Å². The Kier molecular flexibility index (Phi) is 4.51. The van der Waals surface area contributed by atoms with Gasteiger partial charge < -0.3 is 5.32 Å². The molecule has 0 spiro atoms. The maximum Gasteiger partial charge on any atom is 0.262 e. The Morgan fingerprint density at radius 1 is 1.62 bits per heavy atom. The quantitative estimate of drug-likeness (QED) is 0.932. The maximum absolute atomic E-state index is 11.8. The molecule has 3 nitrogen and oxygen atoms in total. The fraction of sp³-hybridized carbons (Fsp3) is 0.455. The molecule has 0 radical (unpaired) electrons. The molecule has 1 rings (SSSR count). The average molecular weight is 301 g/mol. The SMILES string of the molecule is Cc1cc(C(=O)NC(C#N)C(C)C)sc1Br. The molecule has 0 fully saturated rings. The zero-order valence-corrected chi connectivity index (χ0v) is 11.8. The van der Waals surface area contributed by atoms with E-state index >= 15 is 0 Å².